The predicted molar refractivity (Wildman–Crippen MR) is 77.7 cm³/mol. The summed E-state index contributed by atoms with van der Waals surface area (Å²) in [7, 11) is 0. The summed E-state index contributed by atoms with van der Waals surface area (Å²) in [5.74, 6) is 3.22. The second-order valence-corrected chi connectivity index (χ2v) is 5.13. The van der Waals surface area contributed by atoms with Crippen molar-refractivity contribution in [3.05, 3.63) is 11.4 Å². The van der Waals surface area contributed by atoms with Gasteiger partial charge in [0.2, 0.25) is 0 Å². The molecule has 5 nitrogen and oxygen atoms in total. The molecule has 1 aromatic rings. The van der Waals surface area contributed by atoms with E-state index >= 15 is 0 Å². The molecule has 2 atom stereocenters. The number of hydrogen-bond acceptors (Lipinski definition) is 5. The molecule has 0 amide bonds. The van der Waals surface area contributed by atoms with E-state index in [0.717, 1.165) is 49.1 Å². The van der Waals surface area contributed by atoms with Crippen molar-refractivity contribution in [2.24, 2.45) is 5.92 Å². The zero-order valence-electron chi connectivity index (χ0n) is 12.3. The molecule has 5 heteroatoms. The third-order valence-electron chi connectivity index (χ3n) is 3.67. The smallest absolute Gasteiger partial charge is 0.134 e. The van der Waals surface area contributed by atoms with Crippen LogP contribution < -0.4 is 10.6 Å². The molecule has 19 heavy (non-hydrogen) atoms. The van der Waals surface area contributed by atoms with Crippen LogP contribution in [0.3, 0.4) is 0 Å². The van der Waals surface area contributed by atoms with Crippen molar-refractivity contribution < 1.29 is 4.74 Å². The first-order valence-corrected chi connectivity index (χ1v) is 7.06. The van der Waals surface area contributed by atoms with Crippen LogP contribution >= 0.6 is 0 Å². The Labute approximate surface area is 115 Å². The maximum Gasteiger partial charge on any atom is 0.134 e. The highest BCUT2D eigenvalue weighted by Crippen LogP contribution is 2.23. The van der Waals surface area contributed by atoms with E-state index in [-0.39, 0.29) is 0 Å². The van der Waals surface area contributed by atoms with E-state index < -0.39 is 0 Å². The zero-order valence-corrected chi connectivity index (χ0v) is 12.3. The fourth-order valence-corrected chi connectivity index (χ4v) is 2.41. The number of nitrogens with one attached hydrogen (secondary N) is 2. The van der Waals surface area contributed by atoms with Crippen LogP contribution in [-0.4, -0.2) is 35.8 Å². The first kappa shape index (κ1) is 14.1. The molecule has 2 rings (SSSR count). The van der Waals surface area contributed by atoms with E-state index in [1.54, 1.807) is 0 Å². The molecule has 0 radical (unpaired) electrons. The molecular formula is C14H24N4O. The van der Waals surface area contributed by atoms with Crippen LogP contribution in [0.25, 0.3) is 0 Å². The summed E-state index contributed by atoms with van der Waals surface area (Å²) >= 11 is 0. The molecule has 0 spiro atoms. The van der Waals surface area contributed by atoms with Gasteiger partial charge in [-0.2, -0.15) is 0 Å². The second kappa shape index (κ2) is 6.19. The summed E-state index contributed by atoms with van der Waals surface area (Å²) in [5.41, 5.74) is 1.08. The van der Waals surface area contributed by atoms with Crippen molar-refractivity contribution in [2.45, 2.75) is 40.2 Å². The highest BCUT2D eigenvalue weighted by molar-refractivity contribution is 5.57. The largest absolute Gasteiger partial charge is 0.378 e. The Hall–Kier alpha value is -1.36. The molecule has 0 aliphatic carbocycles. The van der Waals surface area contributed by atoms with Gasteiger partial charge in [-0.1, -0.05) is 0 Å². The van der Waals surface area contributed by atoms with Crippen molar-refractivity contribution in [2.75, 3.05) is 30.3 Å². The molecule has 2 unspecified atom stereocenters. The van der Waals surface area contributed by atoms with E-state index in [1.807, 2.05) is 13.8 Å². The van der Waals surface area contributed by atoms with E-state index in [0.29, 0.717) is 12.0 Å². The summed E-state index contributed by atoms with van der Waals surface area (Å²) in [6, 6.07) is 0. The Kier molecular flexibility index (Phi) is 4.58. The van der Waals surface area contributed by atoms with E-state index in [9.17, 15) is 0 Å². The first-order chi connectivity index (χ1) is 9.11. The highest BCUT2D eigenvalue weighted by Gasteiger charge is 2.24. The van der Waals surface area contributed by atoms with E-state index in [4.69, 9.17) is 4.74 Å². The Morgan fingerprint density at radius 3 is 2.47 bits per heavy atom. The van der Waals surface area contributed by atoms with Crippen LogP contribution in [0.2, 0.25) is 0 Å². The number of rotatable bonds is 5. The molecule has 1 aromatic heterocycles. The van der Waals surface area contributed by atoms with Crippen LogP contribution in [0.4, 0.5) is 11.6 Å². The standard InChI is InChI=1S/C14H24N4O/c1-5-15-13-9(2)14(18-11(4)17-13)16-8-12-6-7-19-10(12)3/h10,12H,5-8H2,1-4H3,(H2,15,16,17,18). The van der Waals surface area contributed by atoms with Crippen LogP contribution in [0.5, 0.6) is 0 Å². The van der Waals surface area contributed by atoms with Crippen molar-refractivity contribution in [1.82, 2.24) is 9.97 Å². The molecule has 1 aliphatic rings. The maximum atomic E-state index is 5.59. The van der Waals surface area contributed by atoms with Gasteiger partial charge in [-0.15, -0.1) is 0 Å². The number of ether oxygens (including phenoxy) is 1. The third-order valence-corrected chi connectivity index (χ3v) is 3.67. The molecule has 2 heterocycles. The van der Waals surface area contributed by atoms with Crippen molar-refractivity contribution >= 4 is 11.6 Å². The third kappa shape index (κ3) is 3.35. The van der Waals surface area contributed by atoms with Gasteiger partial charge >= 0.3 is 0 Å². The van der Waals surface area contributed by atoms with Crippen molar-refractivity contribution in [3.8, 4) is 0 Å². The molecule has 0 saturated carbocycles. The summed E-state index contributed by atoms with van der Waals surface area (Å²) in [6.45, 7) is 10.8. The lowest BCUT2D eigenvalue weighted by Gasteiger charge is -2.17. The van der Waals surface area contributed by atoms with Gasteiger partial charge in [0.1, 0.15) is 17.5 Å². The Morgan fingerprint density at radius 2 is 1.89 bits per heavy atom. The molecule has 0 aromatic carbocycles. The summed E-state index contributed by atoms with van der Waals surface area (Å²) in [5, 5.41) is 6.73. The SMILES string of the molecule is CCNc1nc(C)nc(NCC2CCOC2C)c1C. The Balaban J connectivity index is 2.06. The average molecular weight is 264 g/mol. The average Bonchev–Trinajstić information content (AvgIpc) is 2.77. The van der Waals surface area contributed by atoms with Gasteiger partial charge in [0.05, 0.1) is 6.10 Å². The van der Waals surface area contributed by atoms with Gasteiger partial charge in [-0.25, -0.2) is 9.97 Å². The number of aryl methyl sites for hydroxylation is 1. The fourth-order valence-electron chi connectivity index (χ4n) is 2.41. The molecule has 0 bridgehead atoms. The highest BCUT2D eigenvalue weighted by atomic mass is 16.5. The van der Waals surface area contributed by atoms with Crippen molar-refractivity contribution in [3.63, 3.8) is 0 Å². The summed E-state index contributed by atoms with van der Waals surface area (Å²) in [4.78, 5) is 8.93. The topological polar surface area (TPSA) is 59.1 Å². The lowest BCUT2D eigenvalue weighted by molar-refractivity contribution is 0.108. The molecular weight excluding hydrogens is 240 g/mol. The normalized spacial score (nSPS) is 22.5. The number of nitrogens with zero attached hydrogens (tertiary/aromatic N) is 2. The second-order valence-electron chi connectivity index (χ2n) is 5.13. The minimum absolute atomic E-state index is 0.337. The van der Waals surface area contributed by atoms with Crippen LogP contribution in [0, 0.1) is 19.8 Å². The maximum absolute atomic E-state index is 5.59. The molecule has 1 saturated heterocycles. The number of hydrogen-bond donors (Lipinski definition) is 2. The van der Waals surface area contributed by atoms with Gasteiger partial charge in [-0.05, 0) is 34.1 Å². The van der Waals surface area contributed by atoms with Crippen molar-refractivity contribution in [1.29, 1.82) is 0 Å². The summed E-state index contributed by atoms with van der Waals surface area (Å²) < 4.78 is 5.59. The molecule has 1 fully saturated rings. The summed E-state index contributed by atoms with van der Waals surface area (Å²) in [6.07, 6.45) is 1.46. The van der Waals surface area contributed by atoms with Gasteiger partial charge in [0.15, 0.2) is 0 Å². The monoisotopic (exact) mass is 264 g/mol. The number of anilines is 2. The quantitative estimate of drug-likeness (QED) is 0.855. The van der Waals surface area contributed by atoms with Crippen LogP contribution in [0.15, 0.2) is 0 Å². The predicted octanol–water partition coefficient (Wildman–Crippen LogP) is 2.36. The van der Waals surface area contributed by atoms with Crippen LogP contribution in [0.1, 0.15) is 31.7 Å². The van der Waals surface area contributed by atoms with E-state index in [1.165, 1.54) is 0 Å². The Morgan fingerprint density at radius 1 is 1.21 bits per heavy atom. The van der Waals surface area contributed by atoms with Gasteiger partial charge < -0.3 is 15.4 Å². The van der Waals surface area contributed by atoms with Gasteiger partial charge in [0.25, 0.3) is 0 Å². The van der Waals surface area contributed by atoms with Gasteiger partial charge in [0, 0.05) is 31.2 Å². The Bertz CT molecular complexity index is 436. The van der Waals surface area contributed by atoms with Crippen LogP contribution in [-0.2, 0) is 4.74 Å². The number of aromatic nitrogens is 2. The van der Waals surface area contributed by atoms with E-state index in [2.05, 4.69) is 34.4 Å². The molecule has 106 valence electrons. The fraction of sp³-hybridized carbons (Fsp3) is 0.714. The minimum atomic E-state index is 0.337. The minimum Gasteiger partial charge on any atom is -0.378 e. The first-order valence-electron chi connectivity index (χ1n) is 7.06. The molecule has 2 N–H and O–H groups in total. The lowest BCUT2D eigenvalue weighted by Crippen LogP contribution is -2.22. The van der Waals surface area contributed by atoms with Gasteiger partial charge in [-0.3, -0.25) is 0 Å². The lowest BCUT2D eigenvalue weighted by atomic mass is 10.0. The molecule has 1 aliphatic heterocycles. The zero-order chi connectivity index (χ0) is 13.8.